The molecule has 2 rings (SSSR count). The van der Waals surface area contributed by atoms with Crippen molar-refractivity contribution in [1.29, 1.82) is 0 Å². The molecule has 5 heteroatoms. The number of nitrogens with one attached hydrogen (secondary N) is 1. The molecule has 1 fully saturated rings. The Morgan fingerprint density at radius 2 is 2.33 bits per heavy atom. The van der Waals surface area contributed by atoms with Crippen LogP contribution in [-0.4, -0.2) is 22.4 Å². The van der Waals surface area contributed by atoms with Gasteiger partial charge in [-0.2, -0.15) is 16.7 Å². The molecule has 18 heavy (non-hydrogen) atoms. The first-order chi connectivity index (χ1) is 8.59. The number of nitrogens with zero attached hydrogens (tertiary/aromatic N) is 2. The highest BCUT2D eigenvalue weighted by atomic mass is 32.2. The molecule has 4 nitrogen and oxygen atoms in total. The van der Waals surface area contributed by atoms with E-state index in [1.165, 1.54) is 25.7 Å². The van der Waals surface area contributed by atoms with Gasteiger partial charge in [-0.1, -0.05) is 25.4 Å². The molecule has 1 aliphatic carbocycles. The van der Waals surface area contributed by atoms with Gasteiger partial charge in [0.15, 0.2) is 5.82 Å². The molecule has 0 aliphatic heterocycles. The van der Waals surface area contributed by atoms with Gasteiger partial charge in [-0.15, -0.1) is 0 Å². The van der Waals surface area contributed by atoms with Crippen LogP contribution >= 0.6 is 11.8 Å². The molecule has 1 atom stereocenters. The van der Waals surface area contributed by atoms with Crippen molar-refractivity contribution >= 4 is 11.8 Å². The summed E-state index contributed by atoms with van der Waals surface area (Å²) in [5, 5.41) is 7.50. The SMILES string of the molecule is CSCc1noc(CN[C@@H]2CCCC(C)(C)C2)n1. The van der Waals surface area contributed by atoms with Gasteiger partial charge in [0.1, 0.15) is 0 Å². The molecule has 0 aromatic carbocycles. The molecular formula is C13H23N3OS. The molecule has 1 N–H and O–H groups in total. The van der Waals surface area contributed by atoms with Crippen LogP contribution in [0.4, 0.5) is 0 Å². The normalized spacial score (nSPS) is 23.2. The van der Waals surface area contributed by atoms with Crippen LogP contribution in [-0.2, 0) is 12.3 Å². The maximum absolute atomic E-state index is 5.22. The second kappa shape index (κ2) is 6.06. The Bertz CT molecular complexity index is 378. The van der Waals surface area contributed by atoms with Crippen molar-refractivity contribution in [2.45, 2.75) is 57.9 Å². The fourth-order valence-corrected chi connectivity index (χ4v) is 3.03. The maximum Gasteiger partial charge on any atom is 0.240 e. The quantitative estimate of drug-likeness (QED) is 0.890. The molecule has 1 aromatic rings. The van der Waals surface area contributed by atoms with Crippen molar-refractivity contribution in [3.8, 4) is 0 Å². The summed E-state index contributed by atoms with van der Waals surface area (Å²) in [6.07, 6.45) is 7.18. The van der Waals surface area contributed by atoms with Gasteiger partial charge in [-0.25, -0.2) is 0 Å². The van der Waals surface area contributed by atoms with E-state index < -0.39 is 0 Å². The molecule has 1 heterocycles. The van der Waals surface area contributed by atoms with Crippen LogP contribution in [0.3, 0.4) is 0 Å². The number of hydrogen-bond acceptors (Lipinski definition) is 5. The lowest BCUT2D eigenvalue weighted by atomic mass is 9.75. The number of hydrogen-bond donors (Lipinski definition) is 1. The van der Waals surface area contributed by atoms with Crippen LogP contribution < -0.4 is 5.32 Å². The van der Waals surface area contributed by atoms with Crippen LogP contribution in [0.5, 0.6) is 0 Å². The number of aromatic nitrogens is 2. The lowest BCUT2D eigenvalue weighted by molar-refractivity contribution is 0.194. The van der Waals surface area contributed by atoms with Crippen molar-refractivity contribution in [1.82, 2.24) is 15.5 Å². The summed E-state index contributed by atoms with van der Waals surface area (Å²) in [4.78, 5) is 4.36. The molecule has 1 saturated carbocycles. The highest BCUT2D eigenvalue weighted by Crippen LogP contribution is 2.35. The zero-order chi connectivity index (χ0) is 13.0. The van der Waals surface area contributed by atoms with Gasteiger partial charge >= 0.3 is 0 Å². The standard InChI is InChI=1S/C13H23N3OS/c1-13(2)6-4-5-10(7-13)14-8-12-15-11(9-18-3)16-17-12/h10,14H,4-9H2,1-3H3/t10-/m1/s1. The van der Waals surface area contributed by atoms with Gasteiger partial charge in [0.25, 0.3) is 0 Å². The van der Waals surface area contributed by atoms with E-state index in [9.17, 15) is 0 Å². The second-order valence-corrected chi connectivity index (χ2v) is 6.74. The Balaban J connectivity index is 1.79. The van der Waals surface area contributed by atoms with Crippen molar-refractivity contribution in [2.75, 3.05) is 6.26 Å². The van der Waals surface area contributed by atoms with Crippen LogP contribution in [0.25, 0.3) is 0 Å². The Morgan fingerprint density at radius 1 is 1.50 bits per heavy atom. The van der Waals surface area contributed by atoms with Crippen LogP contribution in [0, 0.1) is 5.41 Å². The van der Waals surface area contributed by atoms with Crippen molar-refractivity contribution in [3.63, 3.8) is 0 Å². The highest BCUT2D eigenvalue weighted by molar-refractivity contribution is 7.97. The van der Waals surface area contributed by atoms with Crippen molar-refractivity contribution < 1.29 is 4.52 Å². The zero-order valence-electron chi connectivity index (χ0n) is 11.5. The molecule has 0 amide bonds. The third kappa shape index (κ3) is 3.99. The predicted octanol–water partition coefficient (Wildman–Crippen LogP) is 2.99. The van der Waals surface area contributed by atoms with Gasteiger partial charge in [0.2, 0.25) is 5.89 Å². The fraction of sp³-hybridized carbons (Fsp3) is 0.846. The third-order valence-electron chi connectivity index (χ3n) is 3.53. The summed E-state index contributed by atoms with van der Waals surface area (Å²) in [6, 6.07) is 0.588. The number of thioether (sulfide) groups is 1. The minimum absolute atomic E-state index is 0.467. The summed E-state index contributed by atoms with van der Waals surface area (Å²) in [6.45, 7) is 5.40. The largest absolute Gasteiger partial charge is 0.338 e. The van der Waals surface area contributed by atoms with Crippen LogP contribution in [0.1, 0.15) is 51.2 Å². The lowest BCUT2D eigenvalue weighted by Gasteiger charge is -2.35. The van der Waals surface area contributed by atoms with Gasteiger partial charge in [0, 0.05) is 6.04 Å². The van der Waals surface area contributed by atoms with Gasteiger partial charge in [-0.05, 0) is 30.9 Å². The van der Waals surface area contributed by atoms with Crippen LogP contribution in [0.2, 0.25) is 0 Å². The van der Waals surface area contributed by atoms with E-state index in [-0.39, 0.29) is 0 Å². The van der Waals surface area contributed by atoms with E-state index in [1.807, 2.05) is 6.26 Å². The predicted molar refractivity (Wildman–Crippen MR) is 74.4 cm³/mol. The molecule has 0 spiro atoms. The highest BCUT2D eigenvalue weighted by Gasteiger charge is 2.27. The summed E-state index contributed by atoms with van der Waals surface area (Å²) in [5.74, 6) is 2.32. The van der Waals surface area contributed by atoms with Crippen molar-refractivity contribution in [3.05, 3.63) is 11.7 Å². The summed E-state index contributed by atoms with van der Waals surface area (Å²) < 4.78 is 5.22. The van der Waals surface area contributed by atoms with E-state index in [0.29, 0.717) is 23.9 Å². The molecule has 0 saturated heterocycles. The summed E-state index contributed by atoms with van der Waals surface area (Å²) >= 11 is 1.71. The lowest BCUT2D eigenvalue weighted by Crippen LogP contribution is -2.36. The third-order valence-corrected chi connectivity index (χ3v) is 4.08. The van der Waals surface area contributed by atoms with Gasteiger partial charge < -0.3 is 9.84 Å². The topological polar surface area (TPSA) is 51.0 Å². The smallest absolute Gasteiger partial charge is 0.240 e. The minimum Gasteiger partial charge on any atom is -0.338 e. The Labute approximate surface area is 113 Å². The van der Waals surface area contributed by atoms with E-state index in [4.69, 9.17) is 4.52 Å². The molecule has 1 aliphatic rings. The van der Waals surface area contributed by atoms with Crippen molar-refractivity contribution in [2.24, 2.45) is 5.41 Å². The van der Waals surface area contributed by atoms with E-state index >= 15 is 0 Å². The second-order valence-electron chi connectivity index (χ2n) is 5.88. The molecule has 1 aromatic heterocycles. The molecule has 0 bridgehead atoms. The molecule has 0 unspecified atom stereocenters. The fourth-order valence-electron chi connectivity index (χ4n) is 2.65. The first-order valence-corrected chi connectivity index (χ1v) is 8.02. The van der Waals surface area contributed by atoms with E-state index in [0.717, 1.165) is 11.6 Å². The number of rotatable bonds is 5. The monoisotopic (exact) mass is 269 g/mol. The minimum atomic E-state index is 0.467. The maximum atomic E-state index is 5.22. The van der Waals surface area contributed by atoms with Gasteiger partial charge in [-0.3, -0.25) is 0 Å². The Morgan fingerprint density at radius 3 is 3.06 bits per heavy atom. The molecule has 102 valence electrons. The average Bonchev–Trinajstić information content (AvgIpc) is 2.74. The average molecular weight is 269 g/mol. The van der Waals surface area contributed by atoms with Gasteiger partial charge in [0.05, 0.1) is 12.3 Å². The van der Waals surface area contributed by atoms with E-state index in [1.54, 1.807) is 11.8 Å². The first kappa shape index (κ1) is 13.9. The molecule has 0 radical (unpaired) electrons. The van der Waals surface area contributed by atoms with E-state index in [2.05, 4.69) is 29.3 Å². The summed E-state index contributed by atoms with van der Waals surface area (Å²) in [7, 11) is 0. The zero-order valence-corrected chi connectivity index (χ0v) is 12.3. The van der Waals surface area contributed by atoms with Crippen LogP contribution in [0.15, 0.2) is 4.52 Å². The molecular weight excluding hydrogens is 246 g/mol. The first-order valence-electron chi connectivity index (χ1n) is 6.63. The Hall–Kier alpha value is -0.550. The Kier molecular flexibility index (Phi) is 4.67. The summed E-state index contributed by atoms with van der Waals surface area (Å²) in [5.41, 5.74) is 0.467.